The van der Waals surface area contributed by atoms with Gasteiger partial charge in [0, 0.05) is 22.0 Å². The van der Waals surface area contributed by atoms with Gasteiger partial charge >= 0.3 is 0 Å². The summed E-state index contributed by atoms with van der Waals surface area (Å²) < 4.78 is 0. The smallest absolute Gasteiger partial charge is 0.200 e. The third kappa shape index (κ3) is 1.96. The van der Waals surface area contributed by atoms with Gasteiger partial charge in [0.05, 0.1) is 11.2 Å². The monoisotopic (exact) mass is 277 g/mol. The number of halogens is 1. The molecule has 1 aliphatic carbocycles. The molecule has 1 aliphatic rings. The lowest BCUT2D eigenvalue weighted by Crippen LogP contribution is -2.57. The molecule has 0 bridgehead atoms. The van der Waals surface area contributed by atoms with Crippen molar-refractivity contribution in [2.45, 2.75) is 30.8 Å². The average molecular weight is 278 g/mol. The zero-order valence-electron chi connectivity index (χ0n) is 10.4. The van der Waals surface area contributed by atoms with E-state index in [-0.39, 0.29) is 11.8 Å². The van der Waals surface area contributed by atoms with Crippen LogP contribution in [0.1, 0.15) is 29.8 Å². The van der Waals surface area contributed by atoms with Gasteiger partial charge in [-0.2, -0.15) is 0 Å². The van der Waals surface area contributed by atoms with Gasteiger partial charge in [-0.3, -0.25) is 4.79 Å². The number of nitrogens with one attached hydrogen (secondary N) is 1. The molecule has 3 rings (SSSR count). The highest BCUT2D eigenvalue weighted by atomic mass is 35.5. The number of fused-ring (bicyclic) bond motifs is 1. The number of Topliss-reactive ketones (excluding diaryl/α,β-unsaturated/α-hetero) is 1. The molecule has 1 aromatic heterocycles. The predicted molar refractivity (Wildman–Crippen MR) is 76.4 cm³/mol. The van der Waals surface area contributed by atoms with Crippen LogP contribution in [0.15, 0.2) is 24.3 Å². The van der Waals surface area contributed by atoms with Crippen LogP contribution in [-0.4, -0.2) is 22.3 Å². The molecule has 0 aliphatic heterocycles. The maximum Gasteiger partial charge on any atom is 0.200 e. The summed E-state index contributed by atoms with van der Waals surface area (Å²) in [6.07, 6.45) is 2.34. The van der Waals surface area contributed by atoms with Gasteiger partial charge in [0.1, 0.15) is 0 Å². The lowest BCUT2D eigenvalue weighted by Gasteiger charge is -2.26. The molecule has 2 aromatic rings. The Morgan fingerprint density at radius 1 is 1.42 bits per heavy atom. The average Bonchev–Trinajstić information content (AvgIpc) is 2.93. The topological polar surface area (TPSA) is 84.9 Å². The first kappa shape index (κ1) is 12.7. The summed E-state index contributed by atoms with van der Waals surface area (Å²) in [5, 5.41) is 1.55. The van der Waals surface area contributed by atoms with E-state index in [0.29, 0.717) is 17.1 Å². The number of ketones is 1. The molecule has 5 heteroatoms. The number of rotatable bonds is 2. The number of carbonyl (C=O) groups is 1. The Kier molecular flexibility index (Phi) is 2.89. The third-order valence-electron chi connectivity index (χ3n) is 4.02. The summed E-state index contributed by atoms with van der Waals surface area (Å²) in [5.41, 5.74) is 12.6. The highest BCUT2D eigenvalue weighted by Gasteiger charge is 2.44. The Hall–Kier alpha value is -1.36. The fraction of sp³-hybridized carbons (Fsp3) is 0.357. The number of benzene rings is 1. The zero-order valence-corrected chi connectivity index (χ0v) is 11.2. The first-order valence-electron chi connectivity index (χ1n) is 6.38. The van der Waals surface area contributed by atoms with Crippen molar-refractivity contribution in [2.24, 2.45) is 11.5 Å². The van der Waals surface area contributed by atoms with Crippen LogP contribution < -0.4 is 11.5 Å². The second-order valence-corrected chi connectivity index (χ2v) is 5.72. The quantitative estimate of drug-likeness (QED) is 0.736. The second-order valence-electron chi connectivity index (χ2n) is 5.28. The molecule has 100 valence electrons. The third-order valence-corrected chi connectivity index (χ3v) is 4.25. The van der Waals surface area contributed by atoms with Crippen molar-refractivity contribution in [2.75, 3.05) is 0 Å². The van der Waals surface area contributed by atoms with Crippen LogP contribution in [0.4, 0.5) is 0 Å². The van der Waals surface area contributed by atoms with Crippen molar-refractivity contribution in [3.8, 4) is 0 Å². The highest BCUT2D eigenvalue weighted by molar-refractivity contribution is 6.31. The maximum atomic E-state index is 12.6. The predicted octanol–water partition coefficient (Wildman–Crippen LogP) is 2.21. The van der Waals surface area contributed by atoms with Gasteiger partial charge in [-0.1, -0.05) is 11.6 Å². The van der Waals surface area contributed by atoms with Crippen LogP contribution in [0.5, 0.6) is 0 Å². The van der Waals surface area contributed by atoms with Crippen molar-refractivity contribution in [3.63, 3.8) is 0 Å². The van der Waals surface area contributed by atoms with E-state index in [1.807, 2.05) is 12.1 Å². The van der Waals surface area contributed by atoms with Gasteiger partial charge in [0.25, 0.3) is 0 Å². The first-order chi connectivity index (χ1) is 9.00. The van der Waals surface area contributed by atoms with Gasteiger partial charge < -0.3 is 16.5 Å². The van der Waals surface area contributed by atoms with Crippen molar-refractivity contribution < 1.29 is 4.79 Å². The highest BCUT2D eigenvalue weighted by Crippen LogP contribution is 2.30. The Morgan fingerprint density at radius 2 is 2.21 bits per heavy atom. The summed E-state index contributed by atoms with van der Waals surface area (Å²) in [6.45, 7) is 0. The molecule has 1 aromatic carbocycles. The van der Waals surface area contributed by atoms with Crippen LogP contribution in [0.25, 0.3) is 10.9 Å². The Morgan fingerprint density at radius 3 is 2.89 bits per heavy atom. The second kappa shape index (κ2) is 4.34. The Bertz CT molecular complexity index is 651. The van der Waals surface area contributed by atoms with E-state index >= 15 is 0 Å². The molecule has 0 spiro atoms. The molecule has 1 fully saturated rings. The summed E-state index contributed by atoms with van der Waals surface area (Å²) in [5.74, 6) is -0.107. The van der Waals surface area contributed by atoms with Gasteiger partial charge in [-0.15, -0.1) is 0 Å². The van der Waals surface area contributed by atoms with Crippen LogP contribution >= 0.6 is 11.6 Å². The van der Waals surface area contributed by atoms with Gasteiger partial charge in [-0.05, 0) is 43.5 Å². The molecule has 4 nitrogen and oxygen atoms in total. The lowest BCUT2D eigenvalue weighted by molar-refractivity contribution is 0.0875. The fourth-order valence-corrected chi connectivity index (χ4v) is 3.00. The summed E-state index contributed by atoms with van der Waals surface area (Å²) >= 11 is 5.94. The van der Waals surface area contributed by atoms with E-state index in [9.17, 15) is 4.79 Å². The number of aromatic nitrogens is 1. The van der Waals surface area contributed by atoms with Crippen molar-refractivity contribution in [3.05, 3.63) is 35.0 Å². The van der Waals surface area contributed by atoms with Crippen molar-refractivity contribution in [1.82, 2.24) is 4.98 Å². The summed E-state index contributed by atoms with van der Waals surface area (Å²) in [7, 11) is 0. The van der Waals surface area contributed by atoms with E-state index < -0.39 is 5.54 Å². The van der Waals surface area contributed by atoms with Crippen molar-refractivity contribution in [1.29, 1.82) is 0 Å². The minimum absolute atomic E-state index is 0.107. The van der Waals surface area contributed by atoms with Crippen LogP contribution in [0.2, 0.25) is 5.02 Å². The summed E-state index contributed by atoms with van der Waals surface area (Å²) in [4.78, 5) is 15.7. The van der Waals surface area contributed by atoms with Gasteiger partial charge in [0.15, 0.2) is 5.78 Å². The van der Waals surface area contributed by atoms with Crippen LogP contribution in [0, 0.1) is 0 Å². The van der Waals surface area contributed by atoms with Gasteiger partial charge in [0.2, 0.25) is 0 Å². The molecule has 0 saturated heterocycles. The lowest BCUT2D eigenvalue weighted by atomic mass is 9.88. The molecule has 1 heterocycles. The Labute approximate surface area is 116 Å². The number of hydrogen-bond donors (Lipinski definition) is 3. The minimum atomic E-state index is -0.940. The van der Waals surface area contributed by atoms with Crippen molar-refractivity contribution >= 4 is 28.3 Å². The molecular weight excluding hydrogens is 262 g/mol. The number of H-pyrrole nitrogens is 1. The van der Waals surface area contributed by atoms with E-state index in [0.717, 1.165) is 23.7 Å². The number of aromatic amines is 1. The summed E-state index contributed by atoms with van der Waals surface area (Å²) in [6, 6.07) is 6.99. The molecule has 5 N–H and O–H groups in total. The van der Waals surface area contributed by atoms with Gasteiger partial charge in [-0.25, -0.2) is 0 Å². The number of hydrogen-bond acceptors (Lipinski definition) is 3. The van der Waals surface area contributed by atoms with E-state index in [1.165, 1.54) is 0 Å². The zero-order chi connectivity index (χ0) is 13.6. The van der Waals surface area contributed by atoms with Crippen LogP contribution in [0.3, 0.4) is 0 Å². The maximum absolute atomic E-state index is 12.6. The number of nitrogens with two attached hydrogens (primary N) is 2. The molecule has 0 amide bonds. The molecule has 2 atom stereocenters. The molecule has 1 saturated carbocycles. The van der Waals surface area contributed by atoms with E-state index in [2.05, 4.69) is 4.98 Å². The SMILES string of the molecule is NC1CCCC1(N)C(=O)c1cc2cc(Cl)ccc2[nH]1. The fourth-order valence-electron chi connectivity index (χ4n) is 2.82. The number of carbonyl (C=O) groups excluding carboxylic acids is 1. The van der Waals surface area contributed by atoms with E-state index in [1.54, 1.807) is 12.1 Å². The van der Waals surface area contributed by atoms with E-state index in [4.69, 9.17) is 23.1 Å². The normalized spacial score (nSPS) is 27.0. The largest absolute Gasteiger partial charge is 0.352 e. The molecule has 2 unspecified atom stereocenters. The Balaban J connectivity index is 2.02. The van der Waals surface area contributed by atoms with Crippen LogP contribution in [-0.2, 0) is 0 Å². The first-order valence-corrected chi connectivity index (χ1v) is 6.76. The molecule has 0 radical (unpaired) electrons. The standard InChI is InChI=1S/C14H16ClN3O/c15-9-3-4-10-8(6-9)7-11(18-10)13(19)14(17)5-1-2-12(14)16/h3-4,6-7,12,18H,1-2,5,16-17H2. The molecule has 19 heavy (non-hydrogen) atoms. The minimum Gasteiger partial charge on any atom is -0.352 e. The molecular formula is C14H16ClN3O.